The average molecular weight is 333 g/mol. The second kappa shape index (κ2) is 7.20. The number of nitrogens with zero attached hydrogens (tertiary/aromatic N) is 2. The minimum absolute atomic E-state index is 0.0474. The molecule has 0 bridgehead atoms. The Morgan fingerprint density at radius 2 is 1.92 bits per heavy atom. The van der Waals surface area contributed by atoms with Gasteiger partial charge >= 0.3 is 0 Å². The number of rotatable bonds is 5. The molecule has 0 fully saturated rings. The van der Waals surface area contributed by atoms with Gasteiger partial charge in [0.05, 0.1) is 18.1 Å². The number of hydrogen-bond donors (Lipinski definition) is 3. The Bertz CT molecular complexity index is 915. The van der Waals surface area contributed by atoms with Crippen molar-refractivity contribution in [1.29, 1.82) is 5.26 Å². The Balaban J connectivity index is 1.79. The first-order valence-corrected chi connectivity index (χ1v) is 8.21. The number of fused-ring (bicyclic) bond motifs is 1. The second-order valence-corrected chi connectivity index (χ2v) is 6.33. The lowest BCUT2D eigenvalue weighted by Gasteiger charge is -2.14. The number of aromatic nitrogens is 2. The number of aliphatic hydroxyl groups is 1. The molecule has 0 spiro atoms. The van der Waals surface area contributed by atoms with E-state index in [1.807, 2.05) is 31.3 Å². The number of allylic oxidation sites excluding steroid dienone is 1. The molecule has 0 aliphatic heterocycles. The van der Waals surface area contributed by atoms with Gasteiger partial charge < -0.3 is 15.0 Å². The zero-order valence-electron chi connectivity index (χ0n) is 14.4. The van der Waals surface area contributed by atoms with Gasteiger partial charge in [0.1, 0.15) is 24.7 Å². The van der Waals surface area contributed by atoms with Crippen LogP contribution in [0.2, 0.25) is 0 Å². The first kappa shape index (κ1) is 16.7. The molecule has 0 saturated heterocycles. The van der Waals surface area contributed by atoms with E-state index in [9.17, 15) is 10.4 Å². The molecule has 1 heterocycles. The second-order valence-electron chi connectivity index (χ2n) is 6.33. The quantitative estimate of drug-likeness (QED) is 0.495. The summed E-state index contributed by atoms with van der Waals surface area (Å²) in [5.41, 5.74) is 4.23. The number of nitrogens with one attached hydrogen (secondary N) is 2. The maximum absolute atomic E-state index is 10.5. The Labute approximate surface area is 146 Å². The third-order valence-corrected chi connectivity index (χ3v) is 4.12. The fourth-order valence-corrected chi connectivity index (χ4v) is 2.82. The highest BCUT2D eigenvalue weighted by Gasteiger charge is 2.16. The van der Waals surface area contributed by atoms with Crippen molar-refractivity contribution < 1.29 is 10.0 Å². The van der Waals surface area contributed by atoms with Gasteiger partial charge in [-0.3, -0.25) is 0 Å². The number of para-hydroxylation sites is 2. The molecule has 126 valence electrons. The summed E-state index contributed by atoms with van der Waals surface area (Å²) < 4.78 is 0. The maximum Gasteiger partial charge on any atom is 0.169 e. The first-order valence-electron chi connectivity index (χ1n) is 8.21. The summed E-state index contributed by atoms with van der Waals surface area (Å²) in [5.74, 6) is 0.454. The summed E-state index contributed by atoms with van der Waals surface area (Å²) in [6, 6.07) is 18.0. The number of nitriles is 1. The van der Waals surface area contributed by atoms with Crippen LogP contribution in [-0.4, -0.2) is 28.7 Å². The van der Waals surface area contributed by atoms with Crippen LogP contribution in [0.15, 0.2) is 54.3 Å². The summed E-state index contributed by atoms with van der Waals surface area (Å²) in [7, 11) is 1.99. The highest BCUT2D eigenvalue weighted by molar-refractivity contribution is 5.82. The standard InChI is InChI=1S/C20H20N4O/c1-14-7-9-15(10-8-14)12-24(2)13-19(25)16(11-21)20-22-17-5-3-4-6-18(17)23-20/h3-10,25H,12-13H2,1-2H3,(H,22,23)/p+1/b19-16-. The van der Waals surface area contributed by atoms with Crippen molar-refractivity contribution in [3.8, 4) is 6.07 Å². The van der Waals surface area contributed by atoms with Crippen molar-refractivity contribution in [2.45, 2.75) is 13.5 Å². The van der Waals surface area contributed by atoms with Crippen LogP contribution in [0.25, 0.3) is 16.6 Å². The molecule has 1 aromatic heterocycles. The summed E-state index contributed by atoms with van der Waals surface area (Å²) >= 11 is 0. The van der Waals surface area contributed by atoms with E-state index in [2.05, 4.69) is 47.2 Å². The third kappa shape index (κ3) is 3.87. The molecule has 0 radical (unpaired) electrons. The molecule has 2 aromatic carbocycles. The number of benzene rings is 2. The van der Waals surface area contributed by atoms with Crippen molar-refractivity contribution in [2.75, 3.05) is 13.6 Å². The fourth-order valence-electron chi connectivity index (χ4n) is 2.82. The van der Waals surface area contributed by atoms with Crippen LogP contribution in [-0.2, 0) is 6.54 Å². The van der Waals surface area contributed by atoms with Crippen molar-refractivity contribution in [3.05, 3.63) is 71.2 Å². The molecule has 0 amide bonds. The highest BCUT2D eigenvalue weighted by Crippen LogP contribution is 2.18. The molecule has 1 atom stereocenters. The predicted octanol–water partition coefficient (Wildman–Crippen LogP) is 2.38. The molecule has 25 heavy (non-hydrogen) atoms. The lowest BCUT2D eigenvalue weighted by atomic mass is 10.1. The molecule has 3 N–H and O–H groups in total. The van der Waals surface area contributed by atoms with Crippen molar-refractivity contribution in [1.82, 2.24) is 9.97 Å². The molecule has 5 heteroatoms. The number of aromatic amines is 1. The summed E-state index contributed by atoms with van der Waals surface area (Å²) in [6.07, 6.45) is 0. The van der Waals surface area contributed by atoms with Crippen LogP contribution in [0.1, 0.15) is 17.0 Å². The van der Waals surface area contributed by atoms with Crippen LogP contribution >= 0.6 is 0 Å². The lowest BCUT2D eigenvalue weighted by Crippen LogP contribution is -3.07. The molecular formula is C20H21N4O+. The van der Waals surface area contributed by atoms with Crippen molar-refractivity contribution in [2.24, 2.45) is 0 Å². The smallest absolute Gasteiger partial charge is 0.169 e. The van der Waals surface area contributed by atoms with E-state index >= 15 is 0 Å². The number of quaternary nitrogens is 1. The number of aryl methyl sites for hydroxylation is 1. The molecule has 3 aromatic rings. The number of aliphatic hydroxyl groups excluding tert-OH is 1. The van der Waals surface area contributed by atoms with E-state index in [0.29, 0.717) is 12.4 Å². The number of hydrogen-bond acceptors (Lipinski definition) is 3. The third-order valence-electron chi connectivity index (χ3n) is 4.12. The normalized spacial score (nSPS) is 13.3. The summed E-state index contributed by atoms with van der Waals surface area (Å²) in [5, 5.41) is 19.9. The van der Waals surface area contributed by atoms with Gasteiger partial charge in [-0.2, -0.15) is 5.26 Å². The van der Waals surface area contributed by atoms with E-state index < -0.39 is 0 Å². The minimum atomic E-state index is 0.0474. The zero-order valence-corrected chi connectivity index (χ0v) is 14.4. The van der Waals surface area contributed by atoms with Gasteiger partial charge in [0.25, 0.3) is 0 Å². The number of H-pyrrole nitrogens is 1. The summed E-state index contributed by atoms with van der Waals surface area (Å²) in [6.45, 7) is 3.18. The Kier molecular flexibility index (Phi) is 4.82. The molecular weight excluding hydrogens is 312 g/mol. The Morgan fingerprint density at radius 1 is 1.20 bits per heavy atom. The van der Waals surface area contributed by atoms with E-state index in [-0.39, 0.29) is 11.3 Å². The van der Waals surface area contributed by atoms with Gasteiger partial charge in [0, 0.05) is 5.56 Å². The van der Waals surface area contributed by atoms with Gasteiger partial charge in [-0.05, 0) is 19.1 Å². The number of likely N-dealkylation sites (N-methyl/N-ethyl adjacent to an activating group) is 1. The van der Waals surface area contributed by atoms with Crippen molar-refractivity contribution in [3.63, 3.8) is 0 Å². The maximum atomic E-state index is 10.5. The van der Waals surface area contributed by atoms with Crippen LogP contribution < -0.4 is 4.90 Å². The van der Waals surface area contributed by atoms with E-state index in [0.717, 1.165) is 22.5 Å². The molecule has 0 aliphatic carbocycles. The number of imidazole rings is 1. The fraction of sp³-hybridized carbons (Fsp3) is 0.200. The Hall–Kier alpha value is -3.10. The lowest BCUT2D eigenvalue weighted by molar-refractivity contribution is -0.890. The largest absolute Gasteiger partial charge is 0.506 e. The van der Waals surface area contributed by atoms with Crippen LogP contribution in [0.3, 0.4) is 0 Å². The van der Waals surface area contributed by atoms with E-state index in [1.54, 1.807) is 0 Å². The monoisotopic (exact) mass is 333 g/mol. The Morgan fingerprint density at radius 3 is 2.60 bits per heavy atom. The molecule has 0 saturated carbocycles. The predicted molar refractivity (Wildman–Crippen MR) is 97.9 cm³/mol. The summed E-state index contributed by atoms with van der Waals surface area (Å²) in [4.78, 5) is 8.58. The van der Waals surface area contributed by atoms with Gasteiger partial charge in [-0.15, -0.1) is 0 Å². The minimum Gasteiger partial charge on any atom is -0.506 e. The highest BCUT2D eigenvalue weighted by atomic mass is 16.3. The van der Waals surface area contributed by atoms with Gasteiger partial charge in [-0.25, -0.2) is 4.98 Å². The molecule has 1 unspecified atom stereocenters. The van der Waals surface area contributed by atoms with Gasteiger partial charge in [-0.1, -0.05) is 42.0 Å². The van der Waals surface area contributed by atoms with Crippen LogP contribution in [0.5, 0.6) is 0 Å². The van der Waals surface area contributed by atoms with Gasteiger partial charge in [0.2, 0.25) is 0 Å². The van der Waals surface area contributed by atoms with Crippen LogP contribution in [0, 0.1) is 18.3 Å². The molecule has 0 aliphatic rings. The molecule has 3 rings (SSSR count). The zero-order chi connectivity index (χ0) is 17.8. The average Bonchev–Trinajstić information content (AvgIpc) is 3.01. The topological polar surface area (TPSA) is 77.1 Å². The van der Waals surface area contributed by atoms with E-state index in [1.165, 1.54) is 11.1 Å². The van der Waals surface area contributed by atoms with Crippen LogP contribution in [0.4, 0.5) is 0 Å². The molecule has 5 nitrogen and oxygen atoms in total. The first-order chi connectivity index (χ1) is 12.1. The van der Waals surface area contributed by atoms with E-state index in [4.69, 9.17) is 0 Å². The SMILES string of the molecule is Cc1ccc(C[NH+](C)C/C(O)=C(\C#N)c2nc3ccccc3[nH]2)cc1. The van der Waals surface area contributed by atoms with Crippen molar-refractivity contribution >= 4 is 16.6 Å². The van der Waals surface area contributed by atoms with Gasteiger partial charge in [0.15, 0.2) is 11.6 Å².